The van der Waals surface area contributed by atoms with Gasteiger partial charge in [-0.15, -0.1) is 0 Å². The Balaban J connectivity index is 2.18. The van der Waals surface area contributed by atoms with E-state index in [2.05, 4.69) is 10.4 Å². The van der Waals surface area contributed by atoms with Crippen LogP contribution in [0.2, 0.25) is 0 Å². The van der Waals surface area contributed by atoms with E-state index in [9.17, 15) is 4.79 Å². The lowest BCUT2D eigenvalue weighted by Gasteiger charge is -2.08. The summed E-state index contributed by atoms with van der Waals surface area (Å²) in [6.45, 7) is 1.52. The van der Waals surface area contributed by atoms with Crippen molar-refractivity contribution in [2.45, 2.75) is 13.1 Å². The monoisotopic (exact) mass is 229 g/mol. The number of hydrogen-bond donors (Lipinski definition) is 2. The fourth-order valence-corrected chi connectivity index (χ4v) is 2.11. The first-order chi connectivity index (χ1) is 8.27. The average Bonchev–Trinajstić information content (AvgIpc) is 2.90. The molecule has 5 nitrogen and oxygen atoms in total. The number of carboxylic acids is 1. The summed E-state index contributed by atoms with van der Waals surface area (Å²) in [4.78, 5) is 11.2. The first-order valence-corrected chi connectivity index (χ1v) is 5.36. The van der Waals surface area contributed by atoms with E-state index in [1.54, 1.807) is 29.1 Å². The topological polar surface area (TPSA) is 67.1 Å². The minimum absolute atomic E-state index is 0.269. The maximum atomic E-state index is 11.2. The average molecular weight is 229 g/mol. The van der Waals surface area contributed by atoms with Crippen LogP contribution in [0.15, 0.2) is 30.5 Å². The van der Waals surface area contributed by atoms with Crippen molar-refractivity contribution in [2.24, 2.45) is 0 Å². The number of benzene rings is 1. The SMILES string of the molecule is O=C(O)c1ccccc1-n1ncc2c1CNC2. The van der Waals surface area contributed by atoms with E-state index in [1.807, 2.05) is 6.07 Å². The van der Waals surface area contributed by atoms with Crippen molar-refractivity contribution in [3.05, 3.63) is 47.3 Å². The third-order valence-electron chi connectivity index (χ3n) is 2.93. The molecule has 0 bridgehead atoms. The largest absolute Gasteiger partial charge is 0.478 e. The van der Waals surface area contributed by atoms with Gasteiger partial charge >= 0.3 is 5.97 Å². The predicted molar refractivity (Wildman–Crippen MR) is 61.1 cm³/mol. The highest BCUT2D eigenvalue weighted by Gasteiger charge is 2.20. The lowest BCUT2D eigenvalue weighted by atomic mass is 10.1. The summed E-state index contributed by atoms with van der Waals surface area (Å²) in [5.74, 6) is -0.934. The summed E-state index contributed by atoms with van der Waals surface area (Å²) in [7, 11) is 0. The lowest BCUT2D eigenvalue weighted by molar-refractivity contribution is 0.0696. The van der Waals surface area contributed by atoms with Crippen molar-refractivity contribution in [3.63, 3.8) is 0 Å². The standard InChI is InChI=1S/C12H11N3O2/c16-12(17)9-3-1-2-4-10(9)15-11-7-13-5-8(11)6-14-15/h1-4,6,13H,5,7H2,(H,16,17). The highest BCUT2D eigenvalue weighted by Crippen LogP contribution is 2.21. The molecule has 0 spiro atoms. The van der Waals surface area contributed by atoms with Crippen LogP contribution in [-0.2, 0) is 13.1 Å². The van der Waals surface area contributed by atoms with Crippen LogP contribution in [0, 0.1) is 0 Å². The second-order valence-corrected chi connectivity index (χ2v) is 3.95. The molecule has 86 valence electrons. The van der Waals surface area contributed by atoms with Crippen molar-refractivity contribution in [3.8, 4) is 5.69 Å². The molecule has 2 N–H and O–H groups in total. The number of nitrogens with one attached hydrogen (secondary N) is 1. The van der Waals surface area contributed by atoms with Gasteiger partial charge < -0.3 is 10.4 Å². The summed E-state index contributed by atoms with van der Waals surface area (Å²) >= 11 is 0. The Morgan fingerprint density at radius 3 is 3.00 bits per heavy atom. The summed E-state index contributed by atoms with van der Waals surface area (Å²) < 4.78 is 1.71. The van der Waals surface area contributed by atoms with Gasteiger partial charge in [-0.3, -0.25) is 0 Å². The van der Waals surface area contributed by atoms with Gasteiger partial charge in [0, 0.05) is 18.7 Å². The molecule has 1 aliphatic rings. The van der Waals surface area contributed by atoms with Crippen LogP contribution < -0.4 is 5.32 Å². The smallest absolute Gasteiger partial charge is 0.337 e. The third-order valence-corrected chi connectivity index (χ3v) is 2.93. The molecular weight excluding hydrogens is 218 g/mol. The molecule has 5 heteroatoms. The number of nitrogens with zero attached hydrogens (tertiary/aromatic N) is 2. The Bertz CT molecular complexity index is 589. The van der Waals surface area contributed by atoms with Crippen LogP contribution in [-0.4, -0.2) is 20.9 Å². The number of rotatable bonds is 2. The Hall–Kier alpha value is -2.14. The summed E-state index contributed by atoms with van der Waals surface area (Å²) in [6, 6.07) is 6.90. The Kier molecular flexibility index (Phi) is 2.19. The summed E-state index contributed by atoms with van der Waals surface area (Å²) in [6.07, 6.45) is 1.79. The number of aromatic carboxylic acids is 1. The molecule has 0 radical (unpaired) electrons. The third kappa shape index (κ3) is 1.52. The molecule has 2 aromatic rings. The number of fused-ring (bicyclic) bond motifs is 1. The number of carbonyl (C=O) groups is 1. The maximum Gasteiger partial charge on any atom is 0.337 e. The van der Waals surface area contributed by atoms with Gasteiger partial charge in [-0.05, 0) is 12.1 Å². The van der Waals surface area contributed by atoms with Gasteiger partial charge in [0.2, 0.25) is 0 Å². The molecular formula is C12H11N3O2. The molecule has 2 heterocycles. The van der Waals surface area contributed by atoms with Crippen molar-refractivity contribution < 1.29 is 9.90 Å². The molecule has 0 saturated heterocycles. The Labute approximate surface area is 97.7 Å². The number of carboxylic acid groups (broad SMARTS) is 1. The minimum Gasteiger partial charge on any atom is -0.478 e. The predicted octanol–water partition coefficient (Wildman–Crippen LogP) is 1.17. The van der Waals surface area contributed by atoms with E-state index in [0.717, 1.165) is 24.3 Å². The molecule has 0 amide bonds. The summed E-state index contributed by atoms with van der Waals surface area (Å²) in [5.41, 5.74) is 3.05. The summed E-state index contributed by atoms with van der Waals surface area (Å²) in [5, 5.41) is 16.6. The van der Waals surface area contributed by atoms with Crippen molar-refractivity contribution >= 4 is 5.97 Å². The molecule has 17 heavy (non-hydrogen) atoms. The Morgan fingerprint density at radius 2 is 2.18 bits per heavy atom. The maximum absolute atomic E-state index is 11.2. The lowest BCUT2D eigenvalue weighted by Crippen LogP contribution is -2.11. The van der Waals surface area contributed by atoms with Gasteiger partial charge in [-0.1, -0.05) is 12.1 Å². The van der Waals surface area contributed by atoms with Crippen molar-refractivity contribution in [2.75, 3.05) is 0 Å². The van der Waals surface area contributed by atoms with Crippen molar-refractivity contribution in [1.29, 1.82) is 0 Å². The van der Waals surface area contributed by atoms with Crippen LogP contribution in [0.1, 0.15) is 21.6 Å². The normalized spacial score (nSPS) is 13.6. The minimum atomic E-state index is -0.934. The number of aromatic nitrogens is 2. The van der Waals surface area contributed by atoms with E-state index in [-0.39, 0.29) is 5.56 Å². The fourth-order valence-electron chi connectivity index (χ4n) is 2.11. The number of para-hydroxylation sites is 1. The molecule has 0 fully saturated rings. The van der Waals surface area contributed by atoms with E-state index >= 15 is 0 Å². The van der Waals surface area contributed by atoms with Crippen LogP contribution in [0.3, 0.4) is 0 Å². The second kappa shape index (κ2) is 3.71. The molecule has 0 saturated carbocycles. The van der Waals surface area contributed by atoms with E-state index < -0.39 is 5.97 Å². The quantitative estimate of drug-likeness (QED) is 0.811. The van der Waals surface area contributed by atoms with Crippen molar-refractivity contribution in [1.82, 2.24) is 15.1 Å². The highest BCUT2D eigenvalue weighted by atomic mass is 16.4. The van der Waals surface area contributed by atoms with Gasteiger partial charge in [0.25, 0.3) is 0 Å². The molecule has 0 unspecified atom stereocenters. The molecule has 0 atom stereocenters. The number of hydrogen-bond acceptors (Lipinski definition) is 3. The fraction of sp³-hybridized carbons (Fsp3) is 0.167. The highest BCUT2D eigenvalue weighted by molar-refractivity contribution is 5.91. The molecule has 1 aromatic heterocycles. The molecule has 3 rings (SSSR count). The second-order valence-electron chi connectivity index (χ2n) is 3.95. The van der Waals surface area contributed by atoms with Crippen LogP contribution in [0.5, 0.6) is 0 Å². The van der Waals surface area contributed by atoms with E-state index in [4.69, 9.17) is 5.11 Å². The van der Waals surface area contributed by atoms with Gasteiger partial charge in [0.1, 0.15) is 0 Å². The zero-order chi connectivity index (χ0) is 11.8. The zero-order valence-electron chi connectivity index (χ0n) is 9.05. The van der Waals surface area contributed by atoms with Crippen LogP contribution in [0.4, 0.5) is 0 Å². The van der Waals surface area contributed by atoms with E-state index in [1.165, 1.54) is 0 Å². The first-order valence-electron chi connectivity index (χ1n) is 5.36. The van der Waals surface area contributed by atoms with E-state index in [0.29, 0.717) is 5.69 Å². The van der Waals surface area contributed by atoms with Gasteiger partial charge in [-0.2, -0.15) is 5.10 Å². The molecule has 1 aliphatic heterocycles. The van der Waals surface area contributed by atoms with Crippen LogP contribution >= 0.6 is 0 Å². The Morgan fingerprint density at radius 1 is 1.35 bits per heavy atom. The molecule has 0 aliphatic carbocycles. The zero-order valence-corrected chi connectivity index (χ0v) is 9.05. The van der Waals surface area contributed by atoms with Crippen LogP contribution in [0.25, 0.3) is 5.69 Å². The van der Waals surface area contributed by atoms with Gasteiger partial charge in [0.15, 0.2) is 0 Å². The molecule has 1 aromatic carbocycles. The van der Waals surface area contributed by atoms with Gasteiger partial charge in [0.05, 0.1) is 23.1 Å². The van der Waals surface area contributed by atoms with Gasteiger partial charge in [-0.25, -0.2) is 9.48 Å². The first kappa shape index (κ1) is 10.0.